The van der Waals surface area contributed by atoms with Gasteiger partial charge in [0.2, 0.25) is 5.91 Å². The summed E-state index contributed by atoms with van der Waals surface area (Å²) in [5.74, 6) is 0.0339. The highest BCUT2D eigenvalue weighted by molar-refractivity contribution is 5.85. The molecule has 30 heavy (non-hydrogen) atoms. The van der Waals surface area contributed by atoms with Crippen molar-refractivity contribution in [2.45, 2.75) is 50.5 Å². The summed E-state index contributed by atoms with van der Waals surface area (Å²) < 4.78 is 13.2. The lowest BCUT2D eigenvalue weighted by Crippen LogP contribution is -2.54. The van der Waals surface area contributed by atoms with Crippen LogP contribution in [0.4, 0.5) is 0 Å². The maximum absolute atomic E-state index is 13.2. The van der Waals surface area contributed by atoms with Crippen LogP contribution in [0.2, 0.25) is 0 Å². The summed E-state index contributed by atoms with van der Waals surface area (Å²) in [6, 6.07) is 10.1. The summed E-state index contributed by atoms with van der Waals surface area (Å²) in [6.45, 7) is 4.28. The Kier molecular flexibility index (Phi) is 8.27. The van der Waals surface area contributed by atoms with Crippen LogP contribution in [0.25, 0.3) is 0 Å². The molecule has 2 aliphatic rings. The van der Waals surface area contributed by atoms with Crippen molar-refractivity contribution in [2.75, 3.05) is 26.3 Å². The number of ether oxygens (including phenoxy) is 2. The molecule has 2 N–H and O–H groups in total. The van der Waals surface area contributed by atoms with E-state index in [0.29, 0.717) is 13.2 Å². The van der Waals surface area contributed by atoms with Gasteiger partial charge in [-0.3, -0.25) is 9.48 Å². The third-order valence-electron chi connectivity index (χ3n) is 5.89. The van der Waals surface area contributed by atoms with Gasteiger partial charge < -0.3 is 20.1 Å². The van der Waals surface area contributed by atoms with Crippen molar-refractivity contribution in [3.63, 3.8) is 0 Å². The molecule has 1 aromatic heterocycles. The lowest BCUT2D eigenvalue weighted by molar-refractivity contribution is -0.132. The second kappa shape index (κ2) is 10.9. The highest BCUT2D eigenvalue weighted by Crippen LogP contribution is 2.27. The van der Waals surface area contributed by atoms with Gasteiger partial charge in [0.25, 0.3) is 0 Å². The number of hydrogen-bond acceptors (Lipinski definition) is 5. The summed E-state index contributed by atoms with van der Waals surface area (Å²) in [5, 5.41) is 10.9. The van der Waals surface area contributed by atoms with E-state index in [2.05, 4.69) is 27.9 Å². The minimum atomic E-state index is -0.613. The number of carbonyl (C=O) groups is 1. The van der Waals surface area contributed by atoms with Crippen LogP contribution >= 0.6 is 12.4 Å². The van der Waals surface area contributed by atoms with Crippen LogP contribution in [0.3, 0.4) is 0 Å². The van der Waals surface area contributed by atoms with E-state index in [-0.39, 0.29) is 24.4 Å². The maximum atomic E-state index is 13.2. The fourth-order valence-electron chi connectivity index (χ4n) is 4.16. The molecule has 1 amide bonds. The molecule has 2 saturated heterocycles. The van der Waals surface area contributed by atoms with E-state index >= 15 is 0 Å². The third-order valence-corrected chi connectivity index (χ3v) is 5.89. The third kappa shape index (κ3) is 5.40. The first-order valence-corrected chi connectivity index (χ1v) is 10.5. The van der Waals surface area contributed by atoms with Crippen molar-refractivity contribution < 1.29 is 14.3 Å². The number of benzene rings is 1. The highest BCUT2D eigenvalue weighted by atomic mass is 35.5. The van der Waals surface area contributed by atoms with Gasteiger partial charge in [0.05, 0.1) is 12.7 Å². The van der Waals surface area contributed by atoms with Gasteiger partial charge >= 0.3 is 0 Å². The number of halogens is 1. The molecule has 8 heteroatoms. The van der Waals surface area contributed by atoms with E-state index in [4.69, 9.17) is 9.47 Å². The molecule has 0 radical (unpaired) electrons. The number of nitrogens with one attached hydrogen (secondary N) is 2. The maximum Gasteiger partial charge on any atom is 0.248 e. The first-order chi connectivity index (χ1) is 14.3. The predicted molar refractivity (Wildman–Crippen MR) is 116 cm³/mol. The Bertz CT molecular complexity index is 787. The van der Waals surface area contributed by atoms with Crippen LogP contribution in [0, 0.1) is 0 Å². The predicted octanol–water partition coefficient (Wildman–Crippen LogP) is 2.40. The Morgan fingerprint density at radius 1 is 1.23 bits per heavy atom. The summed E-state index contributed by atoms with van der Waals surface area (Å²) in [6.07, 6.45) is 7.29. The molecule has 1 aromatic carbocycles. The second-order valence-electron chi connectivity index (χ2n) is 7.86. The van der Waals surface area contributed by atoms with Crippen molar-refractivity contribution in [3.05, 3.63) is 53.9 Å². The minimum Gasteiger partial charge on any atom is -0.381 e. The molecule has 4 rings (SSSR count). The van der Waals surface area contributed by atoms with Crippen LogP contribution in [0.15, 0.2) is 42.7 Å². The zero-order chi connectivity index (χ0) is 19.9. The number of aromatic nitrogens is 2. The van der Waals surface area contributed by atoms with Crippen molar-refractivity contribution >= 4 is 18.3 Å². The van der Waals surface area contributed by atoms with Crippen LogP contribution in [-0.2, 0) is 33.0 Å². The van der Waals surface area contributed by atoms with E-state index < -0.39 is 5.54 Å². The van der Waals surface area contributed by atoms with Crippen molar-refractivity contribution in [1.29, 1.82) is 0 Å². The molecule has 2 aliphatic heterocycles. The molecule has 0 atom stereocenters. The van der Waals surface area contributed by atoms with Gasteiger partial charge in [-0.25, -0.2) is 0 Å². The summed E-state index contributed by atoms with van der Waals surface area (Å²) in [4.78, 5) is 13.2. The Labute approximate surface area is 183 Å². The number of piperidine rings is 1. The number of nitrogens with zero attached hydrogens (tertiary/aromatic N) is 2. The van der Waals surface area contributed by atoms with E-state index in [9.17, 15) is 4.79 Å². The molecule has 0 bridgehead atoms. The first kappa shape index (κ1) is 22.7. The van der Waals surface area contributed by atoms with Crippen LogP contribution in [0.1, 0.15) is 36.8 Å². The quantitative estimate of drug-likeness (QED) is 0.699. The van der Waals surface area contributed by atoms with Gasteiger partial charge in [-0.05, 0) is 56.0 Å². The fourth-order valence-corrected chi connectivity index (χ4v) is 4.16. The van der Waals surface area contributed by atoms with Gasteiger partial charge in [0, 0.05) is 32.2 Å². The average Bonchev–Trinajstić information content (AvgIpc) is 3.33. The molecule has 164 valence electrons. The fraction of sp³-hybridized carbons (Fsp3) is 0.545. The van der Waals surface area contributed by atoms with Crippen LogP contribution in [0.5, 0.6) is 0 Å². The Hall–Kier alpha value is -1.93. The number of amides is 1. The zero-order valence-corrected chi connectivity index (χ0v) is 18.0. The van der Waals surface area contributed by atoms with Gasteiger partial charge in [0.15, 0.2) is 0 Å². The van der Waals surface area contributed by atoms with Gasteiger partial charge in [-0.1, -0.05) is 24.3 Å². The Balaban J connectivity index is 0.00000256. The van der Waals surface area contributed by atoms with Crippen molar-refractivity contribution in [3.8, 4) is 0 Å². The van der Waals surface area contributed by atoms with E-state index in [1.54, 1.807) is 6.20 Å². The van der Waals surface area contributed by atoms with Gasteiger partial charge in [0.1, 0.15) is 5.54 Å². The normalized spacial score (nSPS) is 19.1. The summed E-state index contributed by atoms with van der Waals surface area (Å²) in [7, 11) is 0. The molecular formula is C22H31ClN4O3. The molecule has 0 unspecified atom stereocenters. The van der Waals surface area contributed by atoms with E-state index in [1.807, 2.05) is 29.1 Å². The molecular weight excluding hydrogens is 404 g/mol. The lowest BCUT2D eigenvalue weighted by atomic mass is 9.87. The monoisotopic (exact) mass is 434 g/mol. The largest absolute Gasteiger partial charge is 0.381 e. The minimum absolute atomic E-state index is 0. The molecule has 2 fully saturated rings. The number of rotatable bonds is 7. The topological polar surface area (TPSA) is 77.4 Å². The van der Waals surface area contributed by atoms with Crippen molar-refractivity contribution in [1.82, 2.24) is 20.4 Å². The second-order valence-corrected chi connectivity index (χ2v) is 7.86. The van der Waals surface area contributed by atoms with Gasteiger partial charge in [-0.2, -0.15) is 5.10 Å². The molecule has 7 nitrogen and oxygen atoms in total. The average molecular weight is 435 g/mol. The summed E-state index contributed by atoms with van der Waals surface area (Å²) in [5.41, 5.74) is 1.60. The van der Waals surface area contributed by atoms with Crippen LogP contribution in [-0.4, -0.2) is 48.1 Å². The smallest absolute Gasteiger partial charge is 0.248 e. The van der Waals surface area contributed by atoms with E-state index in [0.717, 1.165) is 63.1 Å². The SMILES string of the molecule is Cl.O=C(NCc1cccc(COC2CCOCC2)c1)C1(n2cccn2)CCNCC1. The Morgan fingerprint density at radius 2 is 2.00 bits per heavy atom. The molecule has 0 spiro atoms. The van der Waals surface area contributed by atoms with Crippen LogP contribution < -0.4 is 10.6 Å². The van der Waals surface area contributed by atoms with Crippen molar-refractivity contribution in [2.24, 2.45) is 0 Å². The molecule has 2 aromatic rings. The molecule has 3 heterocycles. The Morgan fingerprint density at radius 3 is 2.73 bits per heavy atom. The van der Waals surface area contributed by atoms with Gasteiger partial charge in [-0.15, -0.1) is 12.4 Å². The first-order valence-electron chi connectivity index (χ1n) is 10.5. The highest BCUT2D eigenvalue weighted by Gasteiger charge is 2.41. The number of hydrogen-bond donors (Lipinski definition) is 2. The molecule has 0 saturated carbocycles. The molecule has 0 aliphatic carbocycles. The zero-order valence-electron chi connectivity index (χ0n) is 17.2. The summed E-state index contributed by atoms with van der Waals surface area (Å²) >= 11 is 0. The standard InChI is InChI=1S/C22H30N4O3.ClH/c27-21(22(7-10-23-11-8-22)26-12-2-9-25-26)24-16-18-3-1-4-19(15-18)17-29-20-5-13-28-14-6-20;/h1-4,9,12,15,20,23H,5-8,10-11,13-14,16-17H2,(H,24,27);1H. The number of carbonyl (C=O) groups excluding carboxylic acids is 1. The lowest BCUT2D eigenvalue weighted by Gasteiger charge is -2.36. The van der Waals surface area contributed by atoms with E-state index in [1.165, 1.54) is 0 Å².